The van der Waals surface area contributed by atoms with Crippen molar-refractivity contribution >= 4 is 51.5 Å². The maximum absolute atomic E-state index is 4.59. The van der Waals surface area contributed by atoms with Gasteiger partial charge in [0.25, 0.3) is 0 Å². The number of guanidine groups is 1. The highest BCUT2D eigenvalue weighted by Gasteiger charge is 2.15. The fraction of sp³-hybridized carbons (Fsp3) is 0.429. The quantitative estimate of drug-likeness (QED) is 0.423. The van der Waals surface area contributed by atoms with Gasteiger partial charge in [0.2, 0.25) is 0 Å². The number of aliphatic imine (C=N–C) groups is 1. The molecule has 114 valence electrons. The summed E-state index contributed by atoms with van der Waals surface area (Å²) in [5.74, 6) is 0.973. The van der Waals surface area contributed by atoms with E-state index in [1.165, 1.54) is 12.8 Å². The Morgan fingerprint density at radius 3 is 2.81 bits per heavy atom. The molecule has 2 aromatic rings. The van der Waals surface area contributed by atoms with Crippen LogP contribution in [0.4, 0.5) is 0 Å². The Kier molecular flexibility index (Phi) is 5.86. The van der Waals surface area contributed by atoms with Gasteiger partial charge in [0.05, 0.1) is 12.2 Å². The number of imidazole rings is 1. The molecular weight excluding hydrogens is 445 g/mol. The molecule has 21 heavy (non-hydrogen) atoms. The van der Waals surface area contributed by atoms with E-state index >= 15 is 0 Å². The molecule has 1 N–H and O–H groups in total. The molecule has 7 heteroatoms. The standard InChI is InChI=1S/C14H18BrN5.HI/c1-16-14(19-6-2-3-7-19)17-8-12-10-20-9-11(15)4-5-13(20)18-12;/h4-5,9-10H,2-3,6-8H2,1H3,(H,16,17);1H. The number of hydrogen-bond donors (Lipinski definition) is 1. The first-order valence-corrected chi connectivity index (χ1v) is 7.64. The summed E-state index contributed by atoms with van der Waals surface area (Å²) in [7, 11) is 1.83. The first-order chi connectivity index (χ1) is 9.76. The molecule has 0 aromatic carbocycles. The number of pyridine rings is 1. The largest absolute Gasteiger partial charge is 0.351 e. The number of aromatic nitrogens is 2. The van der Waals surface area contributed by atoms with Crippen molar-refractivity contribution in [2.45, 2.75) is 19.4 Å². The Bertz CT molecular complexity index is 633. The van der Waals surface area contributed by atoms with Gasteiger partial charge in [-0.3, -0.25) is 4.99 Å². The molecule has 0 amide bonds. The Morgan fingerprint density at radius 1 is 1.33 bits per heavy atom. The van der Waals surface area contributed by atoms with Crippen LogP contribution in [0.1, 0.15) is 18.5 Å². The van der Waals surface area contributed by atoms with E-state index in [2.05, 4.69) is 36.1 Å². The zero-order valence-corrected chi connectivity index (χ0v) is 15.8. The third kappa shape index (κ3) is 3.88. The van der Waals surface area contributed by atoms with E-state index in [1.807, 2.05) is 36.0 Å². The molecule has 2 aromatic heterocycles. The molecule has 3 heterocycles. The normalized spacial score (nSPS) is 15.3. The van der Waals surface area contributed by atoms with Gasteiger partial charge in [-0.15, -0.1) is 24.0 Å². The van der Waals surface area contributed by atoms with E-state index in [4.69, 9.17) is 0 Å². The zero-order chi connectivity index (χ0) is 13.9. The second-order valence-corrected chi connectivity index (χ2v) is 5.86. The monoisotopic (exact) mass is 463 g/mol. The number of nitrogens with zero attached hydrogens (tertiary/aromatic N) is 4. The molecule has 0 atom stereocenters. The number of hydrogen-bond acceptors (Lipinski definition) is 2. The number of fused-ring (bicyclic) bond motifs is 1. The van der Waals surface area contributed by atoms with Gasteiger partial charge in [0.15, 0.2) is 5.96 Å². The van der Waals surface area contributed by atoms with E-state index in [1.54, 1.807) is 0 Å². The molecule has 1 saturated heterocycles. The second kappa shape index (κ2) is 7.44. The van der Waals surface area contributed by atoms with E-state index in [9.17, 15) is 0 Å². The van der Waals surface area contributed by atoms with Crippen molar-refractivity contribution in [2.24, 2.45) is 4.99 Å². The van der Waals surface area contributed by atoms with Crippen LogP contribution in [0.5, 0.6) is 0 Å². The smallest absolute Gasteiger partial charge is 0.193 e. The minimum atomic E-state index is 0. The summed E-state index contributed by atoms with van der Waals surface area (Å²) in [6.07, 6.45) is 6.57. The lowest BCUT2D eigenvalue weighted by molar-refractivity contribution is 0.493. The highest BCUT2D eigenvalue weighted by atomic mass is 127. The van der Waals surface area contributed by atoms with Crippen LogP contribution in [0.3, 0.4) is 0 Å². The molecule has 3 rings (SSSR count). The third-order valence-corrected chi connectivity index (χ3v) is 3.98. The molecular formula is C14H19BrIN5. The van der Waals surface area contributed by atoms with Crippen LogP contribution in [-0.2, 0) is 6.54 Å². The van der Waals surface area contributed by atoms with Crippen molar-refractivity contribution in [3.05, 3.63) is 34.7 Å². The first-order valence-electron chi connectivity index (χ1n) is 6.85. The Hall–Kier alpha value is -0.830. The molecule has 0 spiro atoms. The molecule has 1 fully saturated rings. The summed E-state index contributed by atoms with van der Waals surface area (Å²) in [5, 5.41) is 3.39. The summed E-state index contributed by atoms with van der Waals surface area (Å²) in [5.41, 5.74) is 1.98. The van der Waals surface area contributed by atoms with Gasteiger partial charge in [-0.1, -0.05) is 0 Å². The number of halogens is 2. The fourth-order valence-electron chi connectivity index (χ4n) is 2.53. The summed E-state index contributed by atoms with van der Waals surface area (Å²) in [6.45, 7) is 2.89. The first kappa shape index (κ1) is 16.5. The Balaban J connectivity index is 0.00000161. The number of likely N-dealkylation sites (tertiary alicyclic amines) is 1. The summed E-state index contributed by atoms with van der Waals surface area (Å²) in [6, 6.07) is 4.01. The second-order valence-electron chi connectivity index (χ2n) is 4.94. The maximum Gasteiger partial charge on any atom is 0.193 e. The molecule has 0 radical (unpaired) electrons. The van der Waals surface area contributed by atoms with Crippen LogP contribution >= 0.6 is 39.9 Å². The van der Waals surface area contributed by atoms with Gasteiger partial charge in [-0.2, -0.15) is 0 Å². The molecule has 0 saturated carbocycles. The third-order valence-electron chi connectivity index (χ3n) is 3.51. The molecule has 1 aliphatic heterocycles. The zero-order valence-electron chi connectivity index (χ0n) is 11.9. The minimum absolute atomic E-state index is 0. The highest BCUT2D eigenvalue weighted by molar-refractivity contribution is 14.0. The van der Waals surface area contributed by atoms with Crippen LogP contribution in [0.2, 0.25) is 0 Å². The van der Waals surface area contributed by atoms with Crippen LogP contribution in [0, 0.1) is 0 Å². The van der Waals surface area contributed by atoms with Crippen molar-refractivity contribution in [3.8, 4) is 0 Å². The van der Waals surface area contributed by atoms with Crippen molar-refractivity contribution in [1.29, 1.82) is 0 Å². The molecule has 1 aliphatic rings. The van der Waals surface area contributed by atoms with Crippen LogP contribution in [0.15, 0.2) is 34.0 Å². The molecule has 0 bridgehead atoms. The summed E-state index contributed by atoms with van der Waals surface area (Å²) in [4.78, 5) is 11.2. The van der Waals surface area contributed by atoms with Gasteiger partial charge in [-0.05, 0) is 40.9 Å². The SMILES string of the molecule is CN=C(NCc1cn2cc(Br)ccc2n1)N1CCCC1.I. The predicted octanol–water partition coefficient (Wildman–Crippen LogP) is 2.89. The highest BCUT2D eigenvalue weighted by Crippen LogP contribution is 2.13. The van der Waals surface area contributed by atoms with Crippen LogP contribution in [0.25, 0.3) is 5.65 Å². The lowest BCUT2D eigenvalue weighted by atomic mass is 10.4. The number of rotatable bonds is 2. The van der Waals surface area contributed by atoms with Gasteiger partial charge < -0.3 is 14.6 Å². The van der Waals surface area contributed by atoms with E-state index < -0.39 is 0 Å². The van der Waals surface area contributed by atoms with Crippen LogP contribution < -0.4 is 5.32 Å². The lowest BCUT2D eigenvalue weighted by Crippen LogP contribution is -2.39. The van der Waals surface area contributed by atoms with Gasteiger partial charge >= 0.3 is 0 Å². The predicted molar refractivity (Wildman–Crippen MR) is 99.3 cm³/mol. The molecule has 0 unspecified atom stereocenters. The van der Waals surface area contributed by atoms with Crippen molar-refractivity contribution in [3.63, 3.8) is 0 Å². The number of nitrogens with one attached hydrogen (secondary N) is 1. The maximum atomic E-state index is 4.59. The van der Waals surface area contributed by atoms with Crippen LogP contribution in [-0.4, -0.2) is 40.4 Å². The van der Waals surface area contributed by atoms with Gasteiger partial charge in [0.1, 0.15) is 5.65 Å². The van der Waals surface area contributed by atoms with Gasteiger partial charge in [-0.25, -0.2) is 4.98 Å². The average molecular weight is 464 g/mol. The van der Waals surface area contributed by atoms with Gasteiger partial charge in [0, 0.05) is 37.0 Å². The summed E-state index contributed by atoms with van der Waals surface area (Å²) < 4.78 is 3.08. The Morgan fingerprint density at radius 2 is 2.10 bits per heavy atom. The minimum Gasteiger partial charge on any atom is -0.351 e. The van der Waals surface area contributed by atoms with Crippen molar-refractivity contribution in [2.75, 3.05) is 20.1 Å². The van der Waals surface area contributed by atoms with E-state index in [-0.39, 0.29) is 24.0 Å². The molecule has 5 nitrogen and oxygen atoms in total. The average Bonchev–Trinajstić information content (AvgIpc) is 3.08. The lowest BCUT2D eigenvalue weighted by Gasteiger charge is -2.20. The van der Waals surface area contributed by atoms with Crippen molar-refractivity contribution in [1.82, 2.24) is 19.6 Å². The topological polar surface area (TPSA) is 44.9 Å². The van der Waals surface area contributed by atoms with Crippen molar-refractivity contribution < 1.29 is 0 Å². The Labute approximate surface area is 150 Å². The van der Waals surface area contributed by atoms with E-state index in [0.29, 0.717) is 6.54 Å². The van der Waals surface area contributed by atoms with E-state index in [0.717, 1.165) is 34.9 Å². The summed E-state index contributed by atoms with van der Waals surface area (Å²) >= 11 is 3.47. The molecule has 0 aliphatic carbocycles. The fourth-order valence-corrected chi connectivity index (χ4v) is 2.89.